The zero-order chi connectivity index (χ0) is 15.5. The third-order valence-corrected chi connectivity index (χ3v) is 3.74. The zero-order valence-electron chi connectivity index (χ0n) is 13.9. The Labute approximate surface area is 128 Å². The van der Waals surface area contributed by atoms with Gasteiger partial charge in [-0.25, -0.2) is 0 Å². The Bertz CT molecular complexity index is 502. The number of nitrogens with one attached hydrogen (secondary N) is 2. The number of para-hydroxylation sites is 1. The molecule has 0 aromatic heterocycles. The van der Waals surface area contributed by atoms with Gasteiger partial charge in [-0.3, -0.25) is 4.99 Å². The number of benzene rings is 1. The number of nitrogens with zero attached hydrogens (tertiary/aromatic N) is 2. The van der Waals surface area contributed by atoms with Gasteiger partial charge in [0.25, 0.3) is 0 Å². The summed E-state index contributed by atoms with van der Waals surface area (Å²) in [6.07, 6.45) is 1.15. The van der Waals surface area contributed by atoms with E-state index in [9.17, 15) is 0 Å². The molecule has 0 bridgehead atoms. The van der Waals surface area contributed by atoms with Gasteiger partial charge in [-0.05, 0) is 45.7 Å². The lowest BCUT2D eigenvalue weighted by molar-refractivity contribution is 0.498. The van der Waals surface area contributed by atoms with Crippen LogP contribution in [0.15, 0.2) is 29.3 Å². The van der Waals surface area contributed by atoms with Gasteiger partial charge < -0.3 is 15.5 Å². The van der Waals surface area contributed by atoms with E-state index in [-0.39, 0.29) is 5.54 Å². The topological polar surface area (TPSA) is 39.7 Å². The van der Waals surface area contributed by atoms with E-state index in [1.807, 2.05) is 7.05 Å². The fraction of sp³-hybridized carbons (Fsp3) is 0.588. The van der Waals surface area contributed by atoms with Crippen molar-refractivity contribution in [3.63, 3.8) is 0 Å². The van der Waals surface area contributed by atoms with Gasteiger partial charge in [-0.2, -0.15) is 0 Å². The molecule has 0 fully saturated rings. The molecule has 2 N–H and O–H groups in total. The summed E-state index contributed by atoms with van der Waals surface area (Å²) in [5, 5.41) is 6.82. The number of aliphatic imine (C=N–C) groups is 1. The second-order valence-corrected chi connectivity index (χ2v) is 6.75. The van der Waals surface area contributed by atoms with Crippen molar-refractivity contribution < 1.29 is 0 Å². The molecule has 2 rings (SSSR count). The third kappa shape index (κ3) is 4.13. The Morgan fingerprint density at radius 1 is 1.33 bits per heavy atom. The highest BCUT2D eigenvalue weighted by Gasteiger charge is 2.23. The summed E-state index contributed by atoms with van der Waals surface area (Å²) in [4.78, 5) is 6.77. The molecule has 0 radical (unpaired) electrons. The van der Waals surface area contributed by atoms with Gasteiger partial charge in [0.2, 0.25) is 0 Å². The Morgan fingerprint density at radius 3 is 2.71 bits per heavy atom. The highest BCUT2D eigenvalue weighted by molar-refractivity contribution is 5.80. The zero-order valence-corrected chi connectivity index (χ0v) is 13.9. The molecule has 1 aliphatic rings. The maximum absolute atomic E-state index is 4.29. The second-order valence-electron chi connectivity index (χ2n) is 6.75. The van der Waals surface area contributed by atoms with Crippen LogP contribution in [0.2, 0.25) is 0 Å². The maximum Gasteiger partial charge on any atom is 0.191 e. The summed E-state index contributed by atoms with van der Waals surface area (Å²) < 4.78 is 0. The van der Waals surface area contributed by atoms with Crippen LogP contribution in [0.4, 0.5) is 5.69 Å². The number of hydrogen-bond acceptors (Lipinski definition) is 2. The number of fused-ring (bicyclic) bond motifs is 1. The molecular formula is C17H28N4. The van der Waals surface area contributed by atoms with Crippen molar-refractivity contribution in [1.82, 2.24) is 10.6 Å². The van der Waals surface area contributed by atoms with Crippen LogP contribution in [-0.2, 0) is 6.42 Å². The van der Waals surface area contributed by atoms with E-state index in [1.54, 1.807) is 0 Å². The minimum absolute atomic E-state index is 0.0192. The van der Waals surface area contributed by atoms with E-state index < -0.39 is 0 Å². The van der Waals surface area contributed by atoms with E-state index in [1.165, 1.54) is 11.3 Å². The second kappa shape index (κ2) is 6.37. The molecule has 0 amide bonds. The molecule has 4 heteroatoms. The first-order valence-electron chi connectivity index (χ1n) is 7.74. The molecule has 1 atom stereocenters. The molecule has 4 nitrogen and oxygen atoms in total. The fourth-order valence-corrected chi connectivity index (χ4v) is 2.71. The Kier molecular flexibility index (Phi) is 4.76. The lowest BCUT2D eigenvalue weighted by atomic mass is 10.1. The smallest absolute Gasteiger partial charge is 0.191 e. The standard InChI is InChI=1S/C17H28N4/c1-13(12-19-16(18-5)20-17(2,3)4)21-11-10-14-8-6-7-9-15(14)21/h6-9,13H,10-12H2,1-5H3,(H2,18,19,20). The molecule has 1 unspecified atom stereocenters. The van der Waals surface area contributed by atoms with Gasteiger partial charge in [0.15, 0.2) is 5.96 Å². The van der Waals surface area contributed by atoms with Gasteiger partial charge in [0.05, 0.1) is 0 Å². The Hall–Kier alpha value is -1.71. The summed E-state index contributed by atoms with van der Waals surface area (Å²) in [5.74, 6) is 0.863. The van der Waals surface area contributed by atoms with Crippen molar-refractivity contribution in [3.8, 4) is 0 Å². The van der Waals surface area contributed by atoms with Crippen molar-refractivity contribution >= 4 is 11.6 Å². The molecule has 1 heterocycles. The SMILES string of the molecule is CN=C(NCC(C)N1CCc2ccccc21)NC(C)(C)C. The van der Waals surface area contributed by atoms with Crippen molar-refractivity contribution in [2.45, 2.75) is 45.7 Å². The first-order valence-corrected chi connectivity index (χ1v) is 7.74. The molecule has 1 aromatic carbocycles. The number of rotatable bonds is 3. The van der Waals surface area contributed by atoms with Gasteiger partial charge in [-0.1, -0.05) is 18.2 Å². The largest absolute Gasteiger partial charge is 0.366 e. The molecule has 0 saturated heterocycles. The minimum atomic E-state index is 0.0192. The maximum atomic E-state index is 4.29. The Balaban J connectivity index is 1.92. The van der Waals surface area contributed by atoms with Gasteiger partial charge in [0, 0.05) is 37.4 Å². The van der Waals surface area contributed by atoms with E-state index in [0.717, 1.165) is 25.5 Å². The lowest BCUT2D eigenvalue weighted by Crippen LogP contribution is -2.50. The third-order valence-electron chi connectivity index (χ3n) is 3.74. The fourth-order valence-electron chi connectivity index (χ4n) is 2.71. The Morgan fingerprint density at radius 2 is 2.05 bits per heavy atom. The van der Waals surface area contributed by atoms with Crippen molar-refractivity contribution in [1.29, 1.82) is 0 Å². The van der Waals surface area contributed by atoms with Crippen molar-refractivity contribution in [2.24, 2.45) is 4.99 Å². The summed E-state index contributed by atoms with van der Waals surface area (Å²) >= 11 is 0. The molecule has 0 spiro atoms. The van der Waals surface area contributed by atoms with Crippen LogP contribution in [-0.4, -0.2) is 37.7 Å². The summed E-state index contributed by atoms with van der Waals surface area (Å²) in [7, 11) is 1.82. The highest BCUT2D eigenvalue weighted by Crippen LogP contribution is 2.28. The molecule has 1 aromatic rings. The molecule has 116 valence electrons. The monoisotopic (exact) mass is 288 g/mol. The lowest BCUT2D eigenvalue weighted by Gasteiger charge is -2.29. The molecule has 0 aliphatic carbocycles. The first-order chi connectivity index (χ1) is 9.90. The predicted molar refractivity (Wildman–Crippen MR) is 91.2 cm³/mol. The summed E-state index contributed by atoms with van der Waals surface area (Å²) in [6.45, 7) is 10.7. The van der Waals surface area contributed by atoms with Crippen LogP contribution < -0.4 is 15.5 Å². The number of guanidine groups is 1. The quantitative estimate of drug-likeness (QED) is 0.663. The number of anilines is 1. The normalized spacial score (nSPS) is 16.6. The van der Waals surface area contributed by atoms with Crippen LogP contribution in [0.25, 0.3) is 0 Å². The van der Waals surface area contributed by atoms with Crippen LogP contribution in [0.1, 0.15) is 33.3 Å². The van der Waals surface area contributed by atoms with Crippen LogP contribution in [0.5, 0.6) is 0 Å². The first kappa shape index (κ1) is 15.7. The predicted octanol–water partition coefficient (Wildman–Crippen LogP) is 2.40. The molecule has 21 heavy (non-hydrogen) atoms. The van der Waals surface area contributed by atoms with E-state index in [4.69, 9.17) is 0 Å². The average Bonchev–Trinajstić information content (AvgIpc) is 2.85. The van der Waals surface area contributed by atoms with Gasteiger partial charge in [-0.15, -0.1) is 0 Å². The summed E-state index contributed by atoms with van der Waals surface area (Å²) in [6, 6.07) is 9.14. The number of hydrogen-bond donors (Lipinski definition) is 2. The average molecular weight is 288 g/mol. The highest BCUT2D eigenvalue weighted by atomic mass is 15.2. The van der Waals surface area contributed by atoms with Gasteiger partial charge in [0.1, 0.15) is 0 Å². The van der Waals surface area contributed by atoms with Crippen LogP contribution >= 0.6 is 0 Å². The van der Waals surface area contributed by atoms with Crippen molar-refractivity contribution in [3.05, 3.63) is 29.8 Å². The van der Waals surface area contributed by atoms with Gasteiger partial charge >= 0.3 is 0 Å². The molecule has 0 saturated carbocycles. The van der Waals surface area contributed by atoms with Crippen LogP contribution in [0, 0.1) is 0 Å². The van der Waals surface area contributed by atoms with E-state index in [2.05, 4.69) is 72.5 Å². The minimum Gasteiger partial charge on any atom is -0.366 e. The van der Waals surface area contributed by atoms with E-state index >= 15 is 0 Å². The van der Waals surface area contributed by atoms with Crippen molar-refractivity contribution in [2.75, 3.05) is 25.0 Å². The van der Waals surface area contributed by atoms with Crippen LogP contribution in [0.3, 0.4) is 0 Å². The van der Waals surface area contributed by atoms with E-state index in [0.29, 0.717) is 6.04 Å². The molecular weight excluding hydrogens is 260 g/mol. The molecule has 1 aliphatic heterocycles. The summed E-state index contributed by atoms with van der Waals surface area (Å²) in [5.41, 5.74) is 2.86.